The van der Waals surface area contributed by atoms with Crippen molar-refractivity contribution < 1.29 is 0 Å². The average Bonchev–Trinajstić information content (AvgIpc) is 2.38. The van der Waals surface area contributed by atoms with Gasteiger partial charge in [-0.3, -0.25) is 4.98 Å². The highest BCUT2D eigenvalue weighted by atomic mass is 14.6. The van der Waals surface area contributed by atoms with E-state index in [4.69, 9.17) is 0 Å². The third-order valence-electron chi connectivity index (χ3n) is 2.79. The molecule has 1 heteroatoms. The lowest BCUT2D eigenvalue weighted by molar-refractivity contribution is 0.702. The van der Waals surface area contributed by atoms with Gasteiger partial charge in [-0.2, -0.15) is 0 Å². The second-order valence-corrected chi connectivity index (χ2v) is 4.36. The van der Waals surface area contributed by atoms with E-state index < -0.39 is 0 Å². The monoisotopic (exact) mass is 229 g/mol. The Hall–Kier alpha value is -1.37. The van der Waals surface area contributed by atoms with Crippen LogP contribution in [0.1, 0.15) is 45.1 Å². The van der Waals surface area contributed by atoms with Gasteiger partial charge in [0.15, 0.2) is 0 Å². The third kappa shape index (κ3) is 4.56. The molecule has 0 bridgehead atoms. The number of aryl methyl sites for hydroxylation is 1. The molecule has 0 aliphatic carbocycles. The van der Waals surface area contributed by atoms with E-state index in [1.807, 2.05) is 12.3 Å². The predicted molar refractivity (Wildman–Crippen MR) is 76.3 cm³/mol. The van der Waals surface area contributed by atoms with Crippen molar-refractivity contribution >= 4 is 10.9 Å². The zero-order chi connectivity index (χ0) is 12.5. The van der Waals surface area contributed by atoms with Crippen molar-refractivity contribution in [3.05, 3.63) is 42.1 Å². The van der Waals surface area contributed by atoms with Gasteiger partial charge in [0.05, 0.1) is 5.52 Å². The summed E-state index contributed by atoms with van der Waals surface area (Å²) in [6, 6.07) is 10.3. The summed E-state index contributed by atoms with van der Waals surface area (Å²) in [5.41, 5.74) is 2.35. The van der Waals surface area contributed by atoms with Gasteiger partial charge in [0.25, 0.3) is 0 Å². The summed E-state index contributed by atoms with van der Waals surface area (Å²) in [4.78, 5) is 4.28. The molecule has 0 N–H and O–H groups in total. The highest BCUT2D eigenvalue weighted by molar-refractivity contribution is 5.81. The second-order valence-electron chi connectivity index (χ2n) is 4.36. The van der Waals surface area contributed by atoms with Gasteiger partial charge < -0.3 is 0 Å². The standard InChI is InChI=1S/C10H9N.C6H14/c1-8-4-2-5-9-6-3-7-11-10(8)9;1-3-5-6-4-2/h2-7H,1H3;3-6H2,1-2H3. The van der Waals surface area contributed by atoms with Gasteiger partial charge in [-0.05, 0) is 18.6 Å². The van der Waals surface area contributed by atoms with Crippen molar-refractivity contribution in [3.8, 4) is 0 Å². The molecule has 0 radical (unpaired) electrons. The third-order valence-corrected chi connectivity index (χ3v) is 2.79. The maximum atomic E-state index is 4.28. The lowest BCUT2D eigenvalue weighted by atomic mass is 10.1. The largest absolute Gasteiger partial charge is 0.256 e. The van der Waals surface area contributed by atoms with E-state index in [0.29, 0.717) is 0 Å². The molecule has 92 valence electrons. The van der Waals surface area contributed by atoms with Crippen molar-refractivity contribution in [3.63, 3.8) is 0 Å². The highest BCUT2D eigenvalue weighted by Gasteiger charge is 1.93. The number of hydrogen-bond acceptors (Lipinski definition) is 1. The summed E-state index contributed by atoms with van der Waals surface area (Å²) in [7, 11) is 0. The van der Waals surface area contributed by atoms with E-state index in [1.165, 1.54) is 36.6 Å². The minimum absolute atomic E-state index is 1.11. The van der Waals surface area contributed by atoms with E-state index in [9.17, 15) is 0 Å². The summed E-state index contributed by atoms with van der Waals surface area (Å²) in [5.74, 6) is 0. The van der Waals surface area contributed by atoms with Gasteiger partial charge >= 0.3 is 0 Å². The number of aromatic nitrogens is 1. The molecule has 1 nitrogen and oxygen atoms in total. The zero-order valence-electron chi connectivity index (χ0n) is 11.2. The highest BCUT2D eigenvalue weighted by Crippen LogP contribution is 2.13. The number of para-hydroxylation sites is 1. The minimum atomic E-state index is 1.11. The quantitative estimate of drug-likeness (QED) is 0.665. The van der Waals surface area contributed by atoms with E-state index in [2.05, 4.69) is 50.0 Å². The van der Waals surface area contributed by atoms with Crippen molar-refractivity contribution in [1.29, 1.82) is 0 Å². The van der Waals surface area contributed by atoms with Crippen LogP contribution in [0.2, 0.25) is 0 Å². The fraction of sp³-hybridized carbons (Fsp3) is 0.438. The zero-order valence-corrected chi connectivity index (χ0v) is 11.2. The Morgan fingerprint density at radius 1 is 0.941 bits per heavy atom. The van der Waals surface area contributed by atoms with Crippen molar-refractivity contribution in [2.24, 2.45) is 0 Å². The number of benzene rings is 1. The lowest BCUT2D eigenvalue weighted by Crippen LogP contribution is -1.80. The van der Waals surface area contributed by atoms with Crippen molar-refractivity contribution in [1.82, 2.24) is 4.98 Å². The van der Waals surface area contributed by atoms with Crippen LogP contribution in [0, 0.1) is 6.92 Å². The molecule has 0 aliphatic rings. The minimum Gasteiger partial charge on any atom is -0.256 e. The van der Waals surface area contributed by atoms with Crippen molar-refractivity contribution in [2.75, 3.05) is 0 Å². The first-order chi connectivity index (χ1) is 8.29. The number of hydrogen-bond donors (Lipinski definition) is 0. The number of rotatable bonds is 3. The van der Waals surface area contributed by atoms with Gasteiger partial charge in [0.1, 0.15) is 0 Å². The second kappa shape index (κ2) is 7.83. The first-order valence-corrected chi connectivity index (χ1v) is 6.60. The van der Waals surface area contributed by atoms with Crippen LogP contribution in [0.15, 0.2) is 36.5 Å². The summed E-state index contributed by atoms with van der Waals surface area (Å²) in [6.45, 7) is 6.54. The summed E-state index contributed by atoms with van der Waals surface area (Å²) < 4.78 is 0. The van der Waals surface area contributed by atoms with Crippen LogP contribution in [0.4, 0.5) is 0 Å². The smallest absolute Gasteiger partial charge is 0.0731 e. The van der Waals surface area contributed by atoms with Gasteiger partial charge in [-0.1, -0.05) is 63.8 Å². The Kier molecular flexibility index (Phi) is 6.31. The topological polar surface area (TPSA) is 12.9 Å². The van der Waals surface area contributed by atoms with E-state index in [1.54, 1.807) is 0 Å². The number of nitrogens with zero attached hydrogens (tertiary/aromatic N) is 1. The van der Waals surface area contributed by atoms with Crippen LogP contribution < -0.4 is 0 Å². The van der Waals surface area contributed by atoms with Gasteiger partial charge in [0.2, 0.25) is 0 Å². The Bertz CT molecular complexity index is 425. The van der Waals surface area contributed by atoms with E-state index in [-0.39, 0.29) is 0 Å². The normalized spacial score (nSPS) is 9.82. The maximum absolute atomic E-state index is 4.28. The molecular weight excluding hydrogens is 206 g/mol. The number of pyridine rings is 1. The van der Waals surface area contributed by atoms with Crippen molar-refractivity contribution in [2.45, 2.75) is 46.5 Å². The fourth-order valence-electron chi connectivity index (χ4n) is 1.76. The molecule has 2 aromatic rings. The van der Waals surface area contributed by atoms with E-state index in [0.717, 1.165) is 5.52 Å². The summed E-state index contributed by atoms with van der Waals surface area (Å²) in [5, 5.41) is 1.22. The molecule has 0 unspecified atom stereocenters. The van der Waals surface area contributed by atoms with Crippen LogP contribution in [0.25, 0.3) is 10.9 Å². The average molecular weight is 229 g/mol. The molecule has 0 spiro atoms. The maximum Gasteiger partial charge on any atom is 0.0731 e. The first-order valence-electron chi connectivity index (χ1n) is 6.60. The fourth-order valence-corrected chi connectivity index (χ4v) is 1.76. The van der Waals surface area contributed by atoms with Gasteiger partial charge in [-0.15, -0.1) is 0 Å². The van der Waals surface area contributed by atoms with Crippen LogP contribution in [0.3, 0.4) is 0 Å². The SMILES string of the molecule is CCCCCC.Cc1cccc2cccnc12. The molecule has 0 saturated heterocycles. The summed E-state index contributed by atoms with van der Waals surface area (Å²) >= 11 is 0. The molecule has 0 fully saturated rings. The molecule has 1 heterocycles. The Labute approximate surface area is 105 Å². The van der Waals surface area contributed by atoms with Crippen LogP contribution >= 0.6 is 0 Å². The predicted octanol–water partition coefficient (Wildman–Crippen LogP) is 5.13. The molecule has 1 aromatic heterocycles. The molecule has 0 saturated carbocycles. The molecule has 0 atom stereocenters. The number of fused-ring (bicyclic) bond motifs is 1. The lowest BCUT2D eigenvalue weighted by Gasteiger charge is -1.97. The molecule has 17 heavy (non-hydrogen) atoms. The Morgan fingerprint density at radius 2 is 1.59 bits per heavy atom. The Balaban J connectivity index is 0.000000209. The molecule has 0 aliphatic heterocycles. The van der Waals surface area contributed by atoms with Gasteiger partial charge in [-0.25, -0.2) is 0 Å². The molecular formula is C16H23N. The Morgan fingerprint density at radius 3 is 2.18 bits per heavy atom. The first kappa shape index (κ1) is 13.7. The molecule has 2 rings (SSSR count). The molecule has 0 amide bonds. The number of unbranched alkanes of at least 4 members (excludes halogenated alkanes) is 3. The van der Waals surface area contributed by atoms with Crippen LogP contribution in [0.5, 0.6) is 0 Å². The molecule has 1 aromatic carbocycles. The van der Waals surface area contributed by atoms with Crippen LogP contribution in [-0.2, 0) is 0 Å². The van der Waals surface area contributed by atoms with Crippen LogP contribution in [-0.4, -0.2) is 4.98 Å². The summed E-state index contributed by atoms with van der Waals surface area (Å²) in [6.07, 6.45) is 7.37. The van der Waals surface area contributed by atoms with Gasteiger partial charge in [0, 0.05) is 11.6 Å². The van der Waals surface area contributed by atoms with E-state index >= 15 is 0 Å².